The van der Waals surface area contributed by atoms with Gasteiger partial charge in [0, 0.05) is 25.3 Å². The van der Waals surface area contributed by atoms with Gasteiger partial charge in [-0.25, -0.2) is 13.4 Å². The number of aryl methyl sites for hydroxylation is 2. The molecule has 0 aliphatic rings. The molecular weight excluding hydrogens is 348 g/mol. The molecule has 2 rings (SSSR count). The van der Waals surface area contributed by atoms with E-state index in [9.17, 15) is 13.7 Å². The zero-order chi connectivity index (χ0) is 19.3. The second kappa shape index (κ2) is 8.30. The van der Waals surface area contributed by atoms with Crippen molar-refractivity contribution < 1.29 is 8.42 Å². The number of aromatic nitrogens is 1. The average molecular weight is 372 g/mol. The zero-order valence-corrected chi connectivity index (χ0v) is 16.4. The summed E-state index contributed by atoms with van der Waals surface area (Å²) < 4.78 is 26.4. The van der Waals surface area contributed by atoms with Crippen LogP contribution in [-0.4, -0.2) is 30.8 Å². The molecule has 0 spiro atoms. The molecule has 6 nitrogen and oxygen atoms in total. The van der Waals surface area contributed by atoms with E-state index in [-0.39, 0.29) is 4.90 Å². The summed E-state index contributed by atoms with van der Waals surface area (Å²) in [6, 6.07) is 10.8. The van der Waals surface area contributed by atoms with Gasteiger partial charge in [0.1, 0.15) is 11.9 Å². The lowest BCUT2D eigenvalue weighted by Crippen LogP contribution is -2.30. The van der Waals surface area contributed by atoms with Gasteiger partial charge in [-0.1, -0.05) is 26.0 Å². The van der Waals surface area contributed by atoms with Crippen LogP contribution in [0, 0.1) is 25.2 Å². The Labute approximate surface area is 155 Å². The van der Waals surface area contributed by atoms with Crippen molar-refractivity contribution in [3.8, 4) is 6.07 Å². The predicted molar refractivity (Wildman–Crippen MR) is 102 cm³/mol. The molecule has 1 N–H and O–H groups in total. The number of rotatable bonds is 7. The van der Waals surface area contributed by atoms with Crippen molar-refractivity contribution in [3.63, 3.8) is 0 Å². The molecule has 0 bridgehead atoms. The van der Waals surface area contributed by atoms with Crippen LogP contribution < -0.4 is 5.32 Å². The minimum atomic E-state index is -3.45. The van der Waals surface area contributed by atoms with Gasteiger partial charge >= 0.3 is 0 Å². The fourth-order valence-electron chi connectivity index (χ4n) is 2.78. The van der Waals surface area contributed by atoms with Crippen LogP contribution in [0.25, 0.3) is 0 Å². The molecule has 0 aliphatic heterocycles. The first-order valence-electron chi connectivity index (χ1n) is 8.54. The van der Waals surface area contributed by atoms with E-state index in [1.165, 1.54) is 4.31 Å². The highest BCUT2D eigenvalue weighted by atomic mass is 32.2. The molecule has 0 radical (unpaired) electrons. The molecule has 26 heavy (non-hydrogen) atoms. The molecule has 0 atom stereocenters. The van der Waals surface area contributed by atoms with Crippen molar-refractivity contribution >= 4 is 15.8 Å². The van der Waals surface area contributed by atoms with Crippen molar-refractivity contribution in [3.05, 3.63) is 52.7 Å². The molecular formula is C19H24N4O2S. The fraction of sp³-hybridized carbons (Fsp3) is 0.368. The van der Waals surface area contributed by atoms with Crippen molar-refractivity contribution in [1.82, 2.24) is 9.29 Å². The Balaban J connectivity index is 2.18. The van der Waals surface area contributed by atoms with Gasteiger partial charge in [-0.05, 0) is 43.2 Å². The molecule has 0 saturated carbocycles. The van der Waals surface area contributed by atoms with Gasteiger partial charge in [-0.2, -0.15) is 9.57 Å². The van der Waals surface area contributed by atoms with Crippen LogP contribution in [-0.2, 0) is 16.6 Å². The molecule has 0 amide bonds. The Hall–Kier alpha value is -2.43. The second-order valence-electron chi connectivity index (χ2n) is 6.00. The lowest BCUT2D eigenvalue weighted by Gasteiger charge is -2.18. The van der Waals surface area contributed by atoms with Crippen LogP contribution >= 0.6 is 0 Å². The summed E-state index contributed by atoms with van der Waals surface area (Å²) in [4.78, 5) is 4.67. The lowest BCUT2D eigenvalue weighted by atomic mass is 10.1. The largest absolute Gasteiger partial charge is 0.365 e. The number of sulfonamides is 1. The van der Waals surface area contributed by atoms with E-state index in [4.69, 9.17) is 0 Å². The predicted octanol–water partition coefficient (Wildman–Crippen LogP) is 3.21. The minimum absolute atomic E-state index is 0.284. The SMILES string of the molecule is CCN(CC)S(=O)(=O)c1ccc(CNc2nc(C)cc(C)c2C#N)cc1. The molecule has 0 aliphatic carbocycles. The number of nitriles is 1. The second-order valence-corrected chi connectivity index (χ2v) is 7.94. The van der Waals surface area contributed by atoms with E-state index < -0.39 is 10.0 Å². The van der Waals surface area contributed by atoms with Crippen molar-refractivity contribution in [2.75, 3.05) is 18.4 Å². The third-order valence-electron chi connectivity index (χ3n) is 4.18. The van der Waals surface area contributed by atoms with E-state index in [1.54, 1.807) is 24.3 Å². The number of benzene rings is 1. The summed E-state index contributed by atoms with van der Waals surface area (Å²) >= 11 is 0. The number of nitrogens with zero attached hydrogens (tertiary/aromatic N) is 3. The number of anilines is 1. The smallest absolute Gasteiger partial charge is 0.243 e. The van der Waals surface area contributed by atoms with E-state index in [0.29, 0.717) is 31.0 Å². The lowest BCUT2D eigenvalue weighted by molar-refractivity contribution is 0.445. The molecule has 1 heterocycles. The first-order chi connectivity index (χ1) is 12.3. The summed E-state index contributed by atoms with van der Waals surface area (Å²) in [7, 11) is -3.45. The number of hydrogen-bond acceptors (Lipinski definition) is 5. The Morgan fingerprint density at radius 2 is 1.77 bits per heavy atom. The van der Waals surface area contributed by atoms with Crippen molar-refractivity contribution in [2.45, 2.75) is 39.1 Å². The molecule has 1 aromatic heterocycles. The summed E-state index contributed by atoms with van der Waals surface area (Å²) in [5, 5.41) is 12.5. The number of pyridine rings is 1. The topological polar surface area (TPSA) is 86.1 Å². The summed E-state index contributed by atoms with van der Waals surface area (Å²) in [5.74, 6) is 0.546. The number of nitrogens with one attached hydrogen (secondary N) is 1. The monoisotopic (exact) mass is 372 g/mol. The average Bonchev–Trinajstić information content (AvgIpc) is 2.60. The molecule has 138 valence electrons. The molecule has 7 heteroatoms. The van der Waals surface area contributed by atoms with Crippen LogP contribution in [0.1, 0.15) is 36.2 Å². The standard InChI is InChI=1S/C19H24N4O2S/c1-5-23(6-2)26(24,25)17-9-7-16(8-10-17)13-21-19-18(12-20)14(3)11-15(4)22-19/h7-11H,5-6,13H2,1-4H3,(H,21,22). The highest BCUT2D eigenvalue weighted by Gasteiger charge is 2.21. The molecule has 0 unspecified atom stereocenters. The Morgan fingerprint density at radius 1 is 1.15 bits per heavy atom. The van der Waals surface area contributed by atoms with E-state index in [1.807, 2.05) is 33.8 Å². The summed E-state index contributed by atoms with van der Waals surface area (Å²) in [5.41, 5.74) is 3.15. The molecule has 0 saturated heterocycles. The van der Waals surface area contributed by atoms with Crippen molar-refractivity contribution in [1.29, 1.82) is 5.26 Å². The third-order valence-corrected chi connectivity index (χ3v) is 6.25. The normalized spacial score (nSPS) is 11.4. The zero-order valence-electron chi connectivity index (χ0n) is 15.6. The van der Waals surface area contributed by atoms with Crippen LogP contribution in [0.15, 0.2) is 35.2 Å². The van der Waals surface area contributed by atoms with Gasteiger partial charge in [-0.15, -0.1) is 0 Å². The van der Waals surface area contributed by atoms with Gasteiger partial charge in [-0.3, -0.25) is 0 Å². The van der Waals surface area contributed by atoms with Crippen molar-refractivity contribution in [2.24, 2.45) is 0 Å². The van der Waals surface area contributed by atoms with Gasteiger partial charge in [0.05, 0.1) is 10.5 Å². The summed E-state index contributed by atoms with van der Waals surface area (Å²) in [6.07, 6.45) is 0. The molecule has 1 aromatic carbocycles. The highest BCUT2D eigenvalue weighted by molar-refractivity contribution is 7.89. The maximum Gasteiger partial charge on any atom is 0.243 e. The van der Waals surface area contributed by atoms with Gasteiger partial charge < -0.3 is 5.32 Å². The first kappa shape index (κ1) is 19.9. The van der Waals surface area contributed by atoms with Crippen LogP contribution in [0.3, 0.4) is 0 Å². The third kappa shape index (κ3) is 4.21. The Morgan fingerprint density at radius 3 is 2.31 bits per heavy atom. The van der Waals surface area contributed by atoms with Crippen LogP contribution in [0.4, 0.5) is 5.82 Å². The van der Waals surface area contributed by atoms with Gasteiger partial charge in [0.15, 0.2) is 0 Å². The molecule has 2 aromatic rings. The van der Waals surface area contributed by atoms with Crippen LogP contribution in [0.5, 0.6) is 0 Å². The molecule has 0 fully saturated rings. The number of hydrogen-bond donors (Lipinski definition) is 1. The Kier molecular flexibility index (Phi) is 6.35. The van der Waals surface area contributed by atoms with Gasteiger partial charge in [0.2, 0.25) is 10.0 Å². The summed E-state index contributed by atoms with van der Waals surface area (Å²) in [6.45, 7) is 8.74. The first-order valence-corrected chi connectivity index (χ1v) is 9.98. The van der Waals surface area contributed by atoms with Gasteiger partial charge in [0.25, 0.3) is 0 Å². The van der Waals surface area contributed by atoms with Crippen LogP contribution in [0.2, 0.25) is 0 Å². The van der Waals surface area contributed by atoms with E-state index in [0.717, 1.165) is 16.8 Å². The maximum atomic E-state index is 12.5. The quantitative estimate of drug-likeness (QED) is 0.806. The van der Waals surface area contributed by atoms with E-state index >= 15 is 0 Å². The van der Waals surface area contributed by atoms with E-state index in [2.05, 4.69) is 16.4 Å². The Bertz CT molecular complexity index is 912. The minimum Gasteiger partial charge on any atom is -0.365 e. The highest BCUT2D eigenvalue weighted by Crippen LogP contribution is 2.20. The fourth-order valence-corrected chi connectivity index (χ4v) is 4.24. The maximum absolute atomic E-state index is 12.5.